The largest absolute Gasteiger partial charge is 0.481 e. The molecule has 0 aromatic carbocycles. The lowest BCUT2D eigenvalue weighted by Crippen LogP contribution is -2.46. The highest BCUT2D eigenvalue weighted by molar-refractivity contribution is 5.67. The fourth-order valence-electron chi connectivity index (χ4n) is 2.58. The van der Waals surface area contributed by atoms with Crippen molar-refractivity contribution in [2.24, 2.45) is 11.1 Å². The van der Waals surface area contributed by atoms with Crippen LogP contribution in [-0.2, 0) is 9.53 Å². The number of carbonyl (C=O) groups is 1. The quantitative estimate of drug-likeness (QED) is 0.743. The Morgan fingerprint density at radius 2 is 2.40 bits per heavy atom. The van der Waals surface area contributed by atoms with Crippen LogP contribution in [0.1, 0.15) is 39.0 Å². The highest BCUT2D eigenvalue weighted by Gasteiger charge is 2.41. The molecular weight excluding hydrogens is 194 g/mol. The number of rotatable bonds is 4. The van der Waals surface area contributed by atoms with Crippen LogP contribution in [0.2, 0.25) is 0 Å². The lowest BCUT2D eigenvalue weighted by atomic mass is 9.67. The molecule has 0 aromatic rings. The van der Waals surface area contributed by atoms with E-state index in [9.17, 15) is 4.79 Å². The van der Waals surface area contributed by atoms with Crippen molar-refractivity contribution in [1.29, 1.82) is 0 Å². The predicted octanol–water partition coefficient (Wildman–Crippen LogP) is 1.38. The SMILES string of the molecule is COC1CCCC(CC(=O)O)(C(C)N)C1. The minimum absolute atomic E-state index is 0.0912. The molecule has 0 heterocycles. The Morgan fingerprint density at radius 3 is 2.87 bits per heavy atom. The van der Waals surface area contributed by atoms with Gasteiger partial charge < -0.3 is 15.6 Å². The molecule has 4 nitrogen and oxygen atoms in total. The Balaban J connectivity index is 2.75. The van der Waals surface area contributed by atoms with Crippen LogP contribution in [0.15, 0.2) is 0 Å². The normalized spacial score (nSPS) is 33.7. The molecule has 3 atom stereocenters. The third kappa shape index (κ3) is 2.92. The molecule has 1 fully saturated rings. The number of hydrogen-bond acceptors (Lipinski definition) is 3. The second kappa shape index (κ2) is 4.94. The average Bonchev–Trinajstić information content (AvgIpc) is 2.16. The number of nitrogens with two attached hydrogens (primary N) is 1. The summed E-state index contributed by atoms with van der Waals surface area (Å²) in [6.07, 6.45) is 4.02. The summed E-state index contributed by atoms with van der Waals surface area (Å²) in [6.45, 7) is 1.90. The first-order valence-corrected chi connectivity index (χ1v) is 5.50. The molecule has 4 heteroatoms. The summed E-state index contributed by atoms with van der Waals surface area (Å²) in [5.41, 5.74) is 5.68. The van der Waals surface area contributed by atoms with Crippen LogP contribution < -0.4 is 5.73 Å². The molecule has 0 bridgehead atoms. The Kier molecular flexibility index (Phi) is 4.11. The summed E-state index contributed by atoms with van der Waals surface area (Å²) in [5, 5.41) is 8.94. The number of carboxylic acid groups (broad SMARTS) is 1. The first kappa shape index (κ1) is 12.5. The molecule has 0 aliphatic heterocycles. The summed E-state index contributed by atoms with van der Waals surface area (Å²) in [7, 11) is 1.68. The molecule has 0 saturated heterocycles. The van der Waals surface area contributed by atoms with E-state index in [1.165, 1.54) is 0 Å². The fourth-order valence-corrected chi connectivity index (χ4v) is 2.58. The number of ether oxygens (including phenoxy) is 1. The zero-order valence-corrected chi connectivity index (χ0v) is 9.53. The zero-order chi connectivity index (χ0) is 11.5. The molecule has 1 saturated carbocycles. The summed E-state index contributed by atoms with van der Waals surface area (Å²) in [4.78, 5) is 10.9. The second-order valence-corrected chi connectivity index (χ2v) is 4.68. The molecule has 0 amide bonds. The molecule has 0 spiro atoms. The van der Waals surface area contributed by atoms with Gasteiger partial charge in [0.2, 0.25) is 0 Å². The van der Waals surface area contributed by atoms with E-state index in [-0.39, 0.29) is 24.0 Å². The van der Waals surface area contributed by atoms with Gasteiger partial charge in [-0.2, -0.15) is 0 Å². The monoisotopic (exact) mass is 215 g/mol. The highest BCUT2D eigenvalue weighted by atomic mass is 16.5. The van der Waals surface area contributed by atoms with Gasteiger partial charge in [-0.25, -0.2) is 0 Å². The van der Waals surface area contributed by atoms with Gasteiger partial charge in [0.05, 0.1) is 12.5 Å². The molecule has 1 aliphatic rings. The number of methoxy groups -OCH3 is 1. The van der Waals surface area contributed by atoms with E-state index < -0.39 is 5.97 Å². The molecular formula is C11H21NO3. The Bertz CT molecular complexity index is 230. The minimum atomic E-state index is -0.760. The van der Waals surface area contributed by atoms with Gasteiger partial charge in [0.25, 0.3) is 0 Å². The predicted molar refractivity (Wildman–Crippen MR) is 57.6 cm³/mol. The summed E-state index contributed by atoms with van der Waals surface area (Å²) in [6, 6.07) is -0.0912. The molecule has 88 valence electrons. The topological polar surface area (TPSA) is 72.5 Å². The van der Waals surface area contributed by atoms with Crippen molar-refractivity contribution < 1.29 is 14.6 Å². The van der Waals surface area contributed by atoms with Crippen LogP contribution in [-0.4, -0.2) is 30.3 Å². The Hall–Kier alpha value is -0.610. The molecule has 0 radical (unpaired) electrons. The van der Waals surface area contributed by atoms with Crippen LogP contribution in [0.25, 0.3) is 0 Å². The third-order valence-electron chi connectivity index (χ3n) is 3.64. The van der Waals surface area contributed by atoms with Crippen molar-refractivity contribution in [3.8, 4) is 0 Å². The van der Waals surface area contributed by atoms with Gasteiger partial charge in [0, 0.05) is 13.2 Å². The van der Waals surface area contributed by atoms with Gasteiger partial charge in [-0.1, -0.05) is 6.42 Å². The van der Waals surface area contributed by atoms with Crippen molar-refractivity contribution in [2.45, 2.75) is 51.2 Å². The van der Waals surface area contributed by atoms with E-state index in [0.717, 1.165) is 25.7 Å². The zero-order valence-electron chi connectivity index (χ0n) is 9.53. The maximum absolute atomic E-state index is 10.9. The second-order valence-electron chi connectivity index (χ2n) is 4.68. The van der Waals surface area contributed by atoms with Crippen LogP contribution in [0.5, 0.6) is 0 Å². The van der Waals surface area contributed by atoms with Gasteiger partial charge in [0.1, 0.15) is 0 Å². The summed E-state index contributed by atoms with van der Waals surface area (Å²) < 4.78 is 5.33. The molecule has 3 unspecified atom stereocenters. The first-order valence-electron chi connectivity index (χ1n) is 5.50. The van der Waals surface area contributed by atoms with Gasteiger partial charge in [-0.05, 0) is 31.6 Å². The van der Waals surface area contributed by atoms with E-state index in [1.54, 1.807) is 7.11 Å². The maximum atomic E-state index is 10.9. The van der Waals surface area contributed by atoms with E-state index in [0.29, 0.717) is 0 Å². The van der Waals surface area contributed by atoms with Gasteiger partial charge in [-0.15, -0.1) is 0 Å². The summed E-state index contributed by atoms with van der Waals surface area (Å²) >= 11 is 0. The van der Waals surface area contributed by atoms with E-state index >= 15 is 0 Å². The number of carboxylic acids is 1. The highest BCUT2D eigenvalue weighted by Crippen LogP contribution is 2.42. The third-order valence-corrected chi connectivity index (χ3v) is 3.64. The van der Waals surface area contributed by atoms with E-state index in [2.05, 4.69) is 0 Å². The van der Waals surface area contributed by atoms with Crippen molar-refractivity contribution in [1.82, 2.24) is 0 Å². The standard InChI is InChI=1S/C11H21NO3/c1-8(12)11(7-10(13)14)5-3-4-9(6-11)15-2/h8-9H,3-7,12H2,1-2H3,(H,13,14). The number of aliphatic carboxylic acids is 1. The lowest BCUT2D eigenvalue weighted by molar-refractivity contribution is -0.141. The Morgan fingerprint density at radius 1 is 1.73 bits per heavy atom. The van der Waals surface area contributed by atoms with Crippen molar-refractivity contribution >= 4 is 5.97 Å². The van der Waals surface area contributed by atoms with E-state index in [4.69, 9.17) is 15.6 Å². The van der Waals surface area contributed by atoms with Crippen molar-refractivity contribution in [3.05, 3.63) is 0 Å². The molecule has 15 heavy (non-hydrogen) atoms. The summed E-state index contributed by atoms with van der Waals surface area (Å²) in [5.74, 6) is -0.760. The van der Waals surface area contributed by atoms with Gasteiger partial charge in [0.15, 0.2) is 0 Å². The molecule has 0 aromatic heterocycles. The van der Waals surface area contributed by atoms with Crippen molar-refractivity contribution in [3.63, 3.8) is 0 Å². The van der Waals surface area contributed by atoms with Gasteiger partial charge in [-0.3, -0.25) is 4.79 Å². The molecule has 3 N–H and O–H groups in total. The fraction of sp³-hybridized carbons (Fsp3) is 0.909. The lowest BCUT2D eigenvalue weighted by Gasteiger charge is -2.42. The Labute approximate surface area is 90.8 Å². The molecule has 1 aliphatic carbocycles. The minimum Gasteiger partial charge on any atom is -0.481 e. The van der Waals surface area contributed by atoms with Crippen molar-refractivity contribution in [2.75, 3.05) is 7.11 Å². The smallest absolute Gasteiger partial charge is 0.303 e. The molecule has 1 rings (SSSR count). The number of hydrogen-bond donors (Lipinski definition) is 2. The first-order chi connectivity index (χ1) is 7.00. The van der Waals surface area contributed by atoms with Crippen LogP contribution in [0, 0.1) is 5.41 Å². The average molecular weight is 215 g/mol. The van der Waals surface area contributed by atoms with E-state index in [1.807, 2.05) is 6.92 Å². The maximum Gasteiger partial charge on any atom is 0.303 e. The van der Waals surface area contributed by atoms with Crippen LogP contribution in [0.3, 0.4) is 0 Å². The van der Waals surface area contributed by atoms with Crippen LogP contribution in [0.4, 0.5) is 0 Å². The van der Waals surface area contributed by atoms with Gasteiger partial charge >= 0.3 is 5.97 Å². The van der Waals surface area contributed by atoms with Crippen LogP contribution >= 0.6 is 0 Å².